The predicted octanol–water partition coefficient (Wildman–Crippen LogP) is 5.34. The average Bonchev–Trinajstić information content (AvgIpc) is 3.81. The summed E-state index contributed by atoms with van der Waals surface area (Å²) in [5, 5.41) is 34.0. The molecule has 9 heteroatoms. The molecular weight excluding hydrogens is 596 g/mol. The zero-order valence-corrected chi connectivity index (χ0v) is 29.9. The van der Waals surface area contributed by atoms with Crippen LogP contribution in [0.3, 0.4) is 0 Å². The Morgan fingerprint density at radius 2 is 1.81 bits per heavy atom. The molecule has 47 heavy (non-hydrogen) atoms. The second kappa shape index (κ2) is 17.9. The number of cyclic esters (lactones) is 1. The van der Waals surface area contributed by atoms with Gasteiger partial charge in [0.2, 0.25) is 0 Å². The largest absolute Gasteiger partial charge is 0.457 e. The summed E-state index contributed by atoms with van der Waals surface area (Å²) in [6.45, 7) is 15.7. The minimum atomic E-state index is -1.09. The number of piperazine rings is 1. The van der Waals surface area contributed by atoms with Gasteiger partial charge in [0.1, 0.15) is 6.10 Å². The highest BCUT2D eigenvalue weighted by molar-refractivity contribution is 5.70. The molecular formula is C38H64N2O7. The second-order valence-electron chi connectivity index (χ2n) is 15.2. The van der Waals surface area contributed by atoms with Crippen LogP contribution in [-0.4, -0.2) is 106 Å². The summed E-state index contributed by atoms with van der Waals surface area (Å²) < 4.78 is 11.7. The van der Waals surface area contributed by atoms with Crippen LogP contribution in [0.2, 0.25) is 0 Å². The summed E-state index contributed by atoms with van der Waals surface area (Å²) in [4.78, 5) is 22.1. The van der Waals surface area contributed by atoms with Crippen molar-refractivity contribution in [3.8, 4) is 0 Å². The maximum Gasteiger partial charge on any atom is 0.309 e. The first-order valence-corrected chi connectivity index (χ1v) is 18.5. The Hall–Kier alpha value is -1.59. The van der Waals surface area contributed by atoms with Gasteiger partial charge in [-0.05, 0) is 57.4 Å². The van der Waals surface area contributed by atoms with Crippen molar-refractivity contribution in [2.24, 2.45) is 17.8 Å². The van der Waals surface area contributed by atoms with Gasteiger partial charge in [-0.1, -0.05) is 77.3 Å². The Morgan fingerprint density at radius 1 is 1.11 bits per heavy atom. The molecule has 3 aliphatic heterocycles. The SMILES string of the molecule is CCC(O)C(C)C1OC1CC(C)(O)/C=C/C=C(\C)C1OC(=O)CC(O)CCC(C)C(ON2CCN(C3CCCCC3)CC2)/C=C/C1C. The summed E-state index contributed by atoms with van der Waals surface area (Å²) in [7, 11) is 0. The lowest BCUT2D eigenvalue weighted by molar-refractivity contribution is -0.213. The Kier molecular flexibility index (Phi) is 14.5. The number of esters is 1. The first-order valence-electron chi connectivity index (χ1n) is 18.5. The third-order valence-electron chi connectivity index (χ3n) is 10.9. The fourth-order valence-corrected chi connectivity index (χ4v) is 7.58. The molecule has 10 unspecified atom stereocenters. The average molecular weight is 661 g/mol. The van der Waals surface area contributed by atoms with E-state index in [1.165, 1.54) is 32.1 Å². The lowest BCUT2D eigenvalue weighted by Crippen LogP contribution is -2.51. The maximum atomic E-state index is 12.9. The highest BCUT2D eigenvalue weighted by Crippen LogP contribution is 2.37. The fraction of sp³-hybridized carbons (Fsp3) is 0.816. The number of epoxide rings is 1. The van der Waals surface area contributed by atoms with Crippen molar-refractivity contribution < 1.29 is 34.4 Å². The van der Waals surface area contributed by atoms with Crippen molar-refractivity contribution in [1.82, 2.24) is 9.96 Å². The lowest BCUT2D eigenvalue weighted by atomic mass is 9.91. The normalized spacial score (nSPS) is 36.1. The van der Waals surface area contributed by atoms with Gasteiger partial charge in [-0.3, -0.25) is 14.5 Å². The quantitative estimate of drug-likeness (QED) is 0.117. The van der Waals surface area contributed by atoms with E-state index in [1.54, 1.807) is 13.0 Å². The summed E-state index contributed by atoms with van der Waals surface area (Å²) >= 11 is 0. The van der Waals surface area contributed by atoms with E-state index in [2.05, 4.69) is 29.0 Å². The van der Waals surface area contributed by atoms with Crippen LogP contribution in [0, 0.1) is 17.8 Å². The number of aliphatic hydroxyl groups is 3. The van der Waals surface area contributed by atoms with Crippen molar-refractivity contribution in [3.63, 3.8) is 0 Å². The van der Waals surface area contributed by atoms with Crippen molar-refractivity contribution in [2.45, 2.75) is 154 Å². The van der Waals surface area contributed by atoms with E-state index < -0.39 is 29.9 Å². The number of ether oxygens (including phenoxy) is 2. The second-order valence-corrected chi connectivity index (χ2v) is 15.2. The molecule has 0 aromatic carbocycles. The van der Waals surface area contributed by atoms with E-state index in [4.69, 9.17) is 14.3 Å². The third kappa shape index (κ3) is 11.8. The Morgan fingerprint density at radius 3 is 2.49 bits per heavy atom. The minimum absolute atomic E-state index is 0.0280. The molecule has 0 aromatic rings. The van der Waals surface area contributed by atoms with Gasteiger partial charge in [0.25, 0.3) is 0 Å². The molecule has 3 fully saturated rings. The Bertz CT molecular complexity index is 1060. The van der Waals surface area contributed by atoms with E-state index in [0.29, 0.717) is 19.3 Å². The number of aliphatic hydroxyl groups excluding tert-OH is 2. The number of hydroxylamine groups is 2. The summed E-state index contributed by atoms with van der Waals surface area (Å²) in [5.74, 6) is -0.346. The highest BCUT2D eigenvalue weighted by atomic mass is 16.7. The molecule has 1 saturated carbocycles. The van der Waals surface area contributed by atoms with Crippen LogP contribution in [0.5, 0.6) is 0 Å². The van der Waals surface area contributed by atoms with Gasteiger partial charge in [-0.15, -0.1) is 0 Å². The topological polar surface area (TPSA) is 115 Å². The molecule has 9 nitrogen and oxygen atoms in total. The van der Waals surface area contributed by atoms with Crippen molar-refractivity contribution >= 4 is 5.97 Å². The van der Waals surface area contributed by atoms with Crippen molar-refractivity contribution in [3.05, 3.63) is 36.0 Å². The molecule has 4 rings (SSSR count). The van der Waals surface area contributed by atoms with Crippen molar-refractivity contribution in [1.29, 1.82) is 0 Å². The van der Waals surface area contributed by atoms with Gasteiger partial charge in [0, 0.05) is 50.5 Å². The molecule has 4 aliphatic rings. The molecule has 2 saturated heterocycles. The molecule has 1 aliphatic carbocycles. The molecule has 3 N–H and O–H groups in total. The molecule has 0 aromatic heterocycles. The van der Waals surface area contributed by atoms with Crippen LogP contribution in [0.25, 0.3) is 0 Å². The van der Waals surface area contributed by atoms with Crippen LogP contribution in [-0.2, 0) is 19.1 Å². The first kappa shape index (κ1) is 38.2. The van der Waals surface area contributed by atoms with Crippen LogP contribution in [0.1, 0.15) is 106 Å². The summed E-state index contributed by atoms with van der Waals surface area (Å²) in [6, 6.07) is 0.722. The van der Waals surface area contributed by atoms with Crippen LogP contribution in [0.4, 0.5) is 0 Å². The molecule has 0 spiro atoms. The smallest absolute Gasteiger partial charge is 0.309 e. The minimum Gasteiger partial charge on any atom is -0.457 e. The number of carbonyl (C=O) groups is 1. The van der Waals surface area contributed by atoms with E-state index in [1.807, 2.05) is 39.8 Å². The van der Waals surface area contributed by atoms with E-state index in [-0.39, 0.29) is 42.5 Å². The number of hydrogen-bond donors (Lipinski definition) is 3. The monoisotopic (exact) mass is 660 g/mol. The summed E-state index contributed by atoms with van der Waals surface area (Å²) in [6.07, 6.45) is 16.7. The summed E-state index contributed by atoms with van der Waals surface area (Å²) in [5.41, 5.74) is -0.243. The van der Waals surface area contributed by atoms with Crippen LogP contribution >= 0.6 is 0 Å². The number of allylic oxidation sites excluding steroid dienone is 2. The molecule has 10 atom stereocenters. The highest BCUT2D eigenvalue weighted by Gasteiger charge is 2.47. The maximum absolute atomic E-state index is 12.9. The zero-order chi connectivity index (χ0) is 34.1. The molecule has 268 valence electrons. The van der Waals surface area contributed by atoms with Gasteiger partial charge >= 0.3 is 5.97 Å². The first-order chi connectivity index (χ1) is 22.4. The number of carbonyl (C=O) groups excluding carboxylic acids is 1. The number of hydrogen-bond acceptors (Lipinski definition) is 9. The Balaban J connectivity index is 1.39. The van der Waals surface area contributed by atoms with E-state index in [9.17, 15) is 20.1 Å². The zero-order valence-electron chi connectivity index (χ0n) is 29.9. The van der Waals surface area contributed by atoms with Crippen LogP contribution < -0.4 is 0 Å². The molecule has 0 amide bonds. The number of rotatable bonds is 11. The van der Waals surface area contributed by atoms with Crippen LogP contribution in [0.15, 0.2) is 36.0 Å². The van der Waals surface area contributed by atoms with Gasteiger partial charge in [0.15, 0.2) is 0 Å². The van der Waals surface area contributed by atoms with Crippen molar-refractivity contribution in [2.75, 3.05) is 26.2 Å². The molecule has 0 bridgehead atoms. The van der Waals surface area contributed by atoms with Gasteiger partial charge < -0.3 is 24.8 Å². The standard InChI is InChI=1S/C38H64N2O7/c1-7-32(42)29(5)37-34(45-37)25-38(6,44)19-11-12-27(3)36-28(4)16-18-33(26(2)15-17-31(41)24-35(43)46-36)47-40-22-20-39(21-23-40)30-13-9-8-10-14-30/h11-12,16,18-19,26,28-34,36-37,41-42,44H,7-10,13-15,17,20-25H2,1-6H3/b18-16+,19-11+,27-12+. The van der Waals surface area contributed by atoms with Gasteiger partial charge in [0.05, 0.1) is 42.5 Å². The molecule has 3 heterocycles. The Labute approximate surface area is 284 Å². The fourth-order valence-electron chi connectivity index (χ4n) is 7.58. The van der Waals surface area contributed by atoms with E-state index >= 15 is 0 Å². The number of nitrogens with zero attached hydrogens (tertiary/aromatic N) is 2. The van der Waals surface area contributed by atoms with Gasteiger partial charge in [-0.2, -0.15) is 5.06 Å². The third-order valence-corrected chi connectivity index (χ3v) is 10.9. The predicted molar refractivity (Wildman–Crippen MR) is 184 cm³/mol. The van der Waals surface area contributed by atoms with E-state index in [0.717, 1.165) is 44.2 Å². The van der Waals surface area contributed by atoms with Gasteiger partial charge in [-0.25, -0.2) is 0 Å². The lowest BCUT2D eigenvalue weighted by Gasteiger charge is -2.41. The molecule has 0 radical (unpaired) electrons.